The molecule has 1 heterocycles. The third-order valence-corrected chi connectivity index (χ3v) is 5.51. The number of hydrogen-bond acceptors (Lipinski definition) is 6. The normalized spacial score (nSPS) is 12.4. The van der Waals surface area contributed by atoms with Gasteiger partial charge in [-0.1, -0.05) is 50.2 Å². The summed E-state index contributed by atoms with van der Waals surface area (Å²) in [6.07, 6.45) is 0. The first kappa shape index (κ1) is 21.7. The van der Waals surface area contributed by atoms with Crippen molar-refractivity contribution in [3.8, 4) is 5.69 Å². The van der Waals surface area contributed by atoms with Gasteiger partial charge in [0.1, 0.15) is 0 Å². The van der Waals surface area contributed by atoms with Crippen LogP contribution in [-0.2, 0) is 4.79 Å². The predicted molar refractivity (Wildman–Crippen MR) is 118 cm³/mol. The molecule has 0 unspecified atom stereocenters. The summed E-state index contributed by atoms with van der Waals surface area (Å²) < 4.78 is 1.62. The van der Waals surface area contributed by atoms with Gasteiger partial charge in [0.15, 0.2) is 5.78 Å². The number of nitrogens with zero attached hydrogens (tertiary/aromatic N) is 4. The summed E-state index contributed by atoms with van der Waals surface area (Å²) in [5, 5.41) is 14.9. The molecule has 0 saturated carbocycles. The van der Waals surface area contributed by atoms with Crippen molar-refractivity contribution in [2.75, 3.05) is 5.32 Å². The molecule has 0 radical (unpaired) electrons. The lowest BCUT2D eigenvalue weighted by molar-refractivity contribution is -0.123. The van der Waals surface area contributed by atoms with Crippen molar-refractivity contribution in [3.05, 3.63) is 59.7 Å². The summed E-state index contributed by atoms with van der Waals surface area (Å²) in [6, 6.07) is 14.8. The second-order valence-corrected chi connectivity index (χ2v) is 9.42. The van der Waals surface area contributed by atoms with E-state index < -0.39 is 5.41 Å². The van der Waals surface area contributed by atoms with Gasteiger partial charge in [-0.3, -0.25) is 9.59 Å². The monoisotopic (exact) mass is 423 g/mol. The second kappa shape index (κ2) is 8.79. The Bertz CT molecular complexity index is 1040. The Morgan fingerprint density at radius 2 is 1.67 bits per heavy atom. The van der Waals surface area contributed by atoms with Crippen LogP contribution in [0.15, 0.2) is 53.7 Å². The predicted octanol–water partition coefficient (Wildman–Crippen LogP) is 4.32. The molecule has 7 nitrogen and oxygen atoms in total. The molecule has 1 aromatic heterocycles. The van der Waals surface area contributed by atoms with E-state index in [1.807, 2.05) is 58.9 Å². The third-order valence-electron chi connectivity index (χ3n) is 4.48. The number of amides is 1. The molecule has 2 aromatic carbocycles. The number of nitrogens with one attached hydrogen (secondary N) is 1. The molecule has 1 amide bonds. The van der Waals surface area contributed by atoms with Crippen molar-refractivity contribution < 1.29 is 9.59 Å². The topological polar surface area (TPSA) is 89.8 Å². The van der Waals surface area contributed by atoms with Gasteiger partial charge in [0, 0.05) is 16.7 Å². The zero-order chi connectivity index (χ0) is 21.9. The van der Waals surface area contributed by atoms with Gasteiger partial charge in [0.05, 0.1) is 10.9 Å². The van der Waals surface area contributed by atoms with Crippen LogP contribution in [-0.4, -0.2) is 37.1 Å². The van der Waals surface area contributed by atoms with E-state index in [9.17, 15) is 9.59 Å². The van der Waals surface area contributed by atoms with E-state index in [-0.39, 0.29) is 16.9 Å². The summed E-state index contributed by atoms with van der Waals surface area (Å²) in [6.45, 7) is 9.39. The van der Waals surface area contributed by atoms with Crippen molar-refractivity contribution in [2.45, 2.75) is 45.0 Å². The molecule has 3 rings (SSSR count). The first-order chi connectivity index (χ1) is 14.1. The lowest BCUT2D eigenvalue weighted by Crippen LogP contribution is -2.27. The van der Waals surface area contributed by atoms with Gasteiger partial charge in [-0.05, 0) is 60.7 Å². The van der Waals surface area contributed by atoms with Gasteiger partial charge < -0.3 is 5.32 Å². The fraction of sp³-hybridized carbons (Fsp3) is 0.318. The maximum atomic E-state index is 12.9. The first-order valence-electron chi connectivity index (χ1n) is 9.63. The first-order valence-corrected chi connectivity index (χ1v) is 10.5. The minimum absolute atomic E-state index is 0.0350. The summed E-state index contributed by atoms with van der Waals surface area (Å²) >= 11 is 1.30. The van der Waals surface area contributed by atoms with Gasteiger partial charge in [-0.15, -0.1) is 5.10 Å². The van der Waals surface area contributed by atoms with Crippen molar-refractivity contribution in [1.29, 1.82) is 0 Å². The largest absolute Gasteiger partial charge is 0.326 e. The van der Waals surface area contributed by atoms with Crippen LogP contribution in [0, 0.1) is 12.3 Å². The average molecular weight is 424 g/mol. The number of aromatic nitrogens is 4. The quantitative estimate of drug-likeness (QED) is 0.469. The molecule has 0 aliphatic rings. The Morgan fingerprint density at radius 3 is 2.27 bits per heavy atom. The molecule has 0 aliphatic heterocycles. The zero-order valence-corrected chi connectivity index (χ0v) is 18.5. The minimum Gasteiger partial charge on any atom is -0.326 e. The smallest absolute Gasteiger partial charge is 0.229 e. The molecular formula is C22H25N5O2S. The molecule has 8 heteroatoms. The third kappa shape index (κ3) is 5.13. The standard InChI is InChI=1S/C22H25N5O2S/c1-14-6-12-18(13-7-14)27-21(24-25-26-27)30-15(2)19(28)16-8-10-17(11-9-16)23-20(29)22(3,4)5/h6-13,15H,1-5H3,(H,23,29)/t15-/m1/s1. The molecule has 0 bridgehead atoms. The van der Waals surface area contributed by atoms with E-state index in [2.05, 4.69) is 20.8 Å². The summed E-state index contributed by atoms with van der Waals surface area (Å²) in [4.78, 5) is 25.0. The van der Waals surface area contributed by atoms with Crippen LogP contribution in [0.2, 0.25) is 0 Å². The van der Waals surface area contributed by atoms with E-state index in [0.717, 1.165) is 11.3 Å². The SMILES string of the molecule is Cc1ccc(-n2nnnc2S[C@H](C)C(=O)c2ccc(NC(=O)C(C)(C)C)cc2)cc1. The number of thioether (sulfide) groups is 1. The maximum Gasteiger partial charge on any atom is 0.229 e. The van der Waals surface area contributed by atoms with Crippen LogP contribution in [0.3, 0.4) is 0 Å². The number of carbonyl (C=O) groups excluding carboxylic acids is 2. The molecule has 30 heavy (non-hydrogen) atoms. The fourth-order valence-corrected chi connectivity index (χ4v) is 3.47. The van der Waals surface area contributed by atoms with Crippen LogP contribution in [0.25, 0.3) is 5.69 Å². The highest BCUT2D eigenvalue weighted by atomic mass is 32.2. The number of tetrazole rings is 1. The van der Waals surface area contributed by atoms with Crippen LogP contribution in [0.4, 0.5) is 5.69 Å². The molecular weight excluding hydrogens is 398 g/mol. The summed E-state index contributed by atoms with van der Waals surface area (Å²) in [5.74, 6) is -0.111. The van der Waals surface area contributed by atoms with Gasteiger partial charge in [-0.2, -0.15) is 4.68 Å². The number of rotatable bonds is 6. The van der Waals surface area contributed by atoms with Crippen molar-refractivity contribution in [1.82, 2.24) is 20.2 Å². The Balaban J connectivity index is 1.69. The summed E-state index contributed by atoms with van der Waals surface area (Å²) in [5.41, 5.74) is 2.73. The molecule has 0 fully saturated rings. The molecule has 156 valence electrons. The van der Waals surface area contributed by atoms with E-state index in [1.54, 1.807) is 28.9 Å². The highest BCUT2D eigenvalue weighted by molar-refractivity contribution is 8.00. The minimum atomic E-state index is -0.485. The Hall–Kier alpha value is -3.00. The molecule has 0 spiro atoms. The van der Waals surface area contributed by atoms with Gasteiger partial charge in [-0.25, -0.2) is 0 Å². The zero-order valence-electron chi connectivity index (χ0n) is 17.7. The highest BCUT2D eigenvalue weighted by Gasteiger charge is 2.22. The highest BCUT2D eigenvalue weighted by Crippen LogP contribution is 2.26. The second-order valence-electron chi connectivity index (χ2n) is 8.11. The number of anilines is 1. The van der Waals surface area contributed by atoms with Crippen LogP contribution >= 0.6 is 11.8 Å². The Morgan fingerprint density at radius 1 is 1.03 bits per heavy atom. The number of carbonyl (C=O) groups is 2. The van der Waals surface area contributed by atoms with Crippen molar-refractivity contribution >= 4 is 29.1 Å². The van der Waals surface area contributed by atoms with Crippen LogP contribution in [0.1, 0.15) is 43.6 Å². The number of ketones is 1. The number of benzene rings is 2. The van der Waals surface area contributed by atoms with Gasteiger partial charge >= 0.3 is 0 Å². The van der Waals surface area contributed by atoms with E-state index in [1.165, 1.54) is 11.8 Å². The van der Waals surface area contributed by atoms with Crippen LogP contribution < -0.4 is 5.32 Å². The lowest BCUT2D eigenvalue weighted by Gasteiger charge is -2.17. The Labute approximate surface area is 180 Å². The van der Waals surface area contributed by atoms with E-state index >= 15 is 0 Å². The average Bonchev–Trinajstić information content (AvgIpc) is 3.16. The lowest BCUT2D eigenvalue weighted by atomic mass is 9.95. The number of Topliss-reactive ketones (excluding diaryl/α,β-unsaturated/α-hetero) is 1. The molecule has 1 N–H and O–H groups in total. The van der Waals surface area contributed by atoms with Crippen LogP contribution in [0.5, 0.6) is 0 Å². The van der Waals surface area contributed by atoms with Gasteiger partial charge in [0.25, 0.3) is 0 Å². The number of hydrogen-bond donors (Lipinski definition) is 1. The van der Waals surface area contributed by atoms with Crippen molar-refractivity contribution in [3.63, 3.8) is 0 Å². The van der Waals surface area contributed by atoms with E-state index in [0.29, 0.717) is 16.4 Å². The molecule has 0 saturated heterocycles. The van der Waals surface area contributed by atoms with Gasteiger partial charge in [0.2, 0.25) is 11.1 Å². The van der Waals surface area contributed by atoms with Crippen molar-refractivity contribution in [2.24, 2.45) is 5.41 Å². The molecule has 0 aliphatic carbocycles. The van der Waals surface area contributed by atoms with E-state index in [4.69, 9.17) is 0 Å². The fourth-order valence-electron chi connectivity index (χ4n) is 2.58. The molecule has 3 aromatic rings. The Kier molecular flexibility index (Phi) is 6.36. The number of aryl methyl sites for hydroxylation is 1. The maximum absolute atomic E-state index is 12.9. The molecule has 1 atom stereocenters. The summed E-state index contributed by atoms with van der Waals surface area (Å²) in [7, 11) is 0.